The van der Waals surface area contributed by atoms with Gasteiger partial charge in [-0.3, -0.25) is 9.52 Å². The summed E-state index contributed by atoms with van der Waals surface area (Å²) in [5.74, 6) is 0.358. The minimum Gasteiger partial charge on any atom is -0.352 e. The number of amides is 1. The number of hydrogen-bond acceptors (Lipinski definition) is 3. The molecule has 2 aromatic carbocycles. The van der Waals surface area contributed by atoms with Gasteiger partial charge in [0.25, 0.3) is 15.9 Å². The van der Waals surface area contributed by atoms with Crippen LogP contribution >= 0.6 is 0 Å². The van der Waals surface area contributed by atoms with Crippen molar-refractivity contribution in [2.45, 2.75) is 58.3 Å². The first-order valence-corrected chi connectivity index (χ1v) is 11.7. The van der Waals surface area contributed by atoms with Crippen molar-refractivity contribution in [2.75, 3.05) is 11.3 Å². The maximum absolute atomic E-state index is 12.6. The van der Waals surface area contributed by atoms with Gasteiger partial charge in [0.1, 0.15) is 0 Å². The van der Waals surface area contributed by atoms with Crippen molar-refractivity contribution in [1.29, 1.82) is 0 Å². The Morgan fingerprint density at radius 1 is 1.03 bits per heavy atom. The standard InChI is InChI=1S/C23H32N2O3S/c1-5-7-8-19(6-2)16-24-23(26)20-11-14-22(18(4)15-20)25-29(27,28)21-12-9-17(3)10-13-21/h9-15,19,25H,5-8,16H2,1-4H3,(H,24,26). The number of benzene rings is 2. The van der Waals surface area contributed by atoms with Crippen molar-refractivity contribution in [1.82, 2.24) is 5.32 Å². The molecule has 29 heavy (non-hydrogen) atoms. The first-order chi connectivity index (χ1) is 13.8. The number of unbranched alkanes of at least 4 members (excludes halogenated alkanes) is 1. The van der Waals surface area contributed by atoms with Gasteiger partial charge in [0.2, 0.25) is 0 Å². The SMILES string of the molecule is CCCCC(CC)CNC(=O)c1ccc(NS(=O)(=O)c2ccc(C)cc2)c(C)c1. The monoisotopic (exact) mass is 416 g/mol. The molecule has 5 nitrogen and oxygen atoms in total. The van der Waals surface area contributed by atoms with Gasteiger partial charge in [-0.1, -0.05) is 50.8 Å². The van der Waals surface area contributed by atoms with E-state index in [4.69, 9.17) is 0 Å². The van der Waals surface area contributed by atoms with E-state index < -0.39 is 10.0 Å². The van der Waals surface area contributed by atoms with E-state index in [2.05, 4.69) is 23.9 Å². The van der Waals surface area contributed by atoms with Gasteiger partial charge in [-0.25, -0.2) is 8.42 Å². The Labute approximate surface area is 175 Å². The number of nitrogens with one attached hydrogen (secondary N) is 2. The van der Waals surface area contributed by atoms with Crippen LogP contribution in [-0.4, -0.2) is 20.9 Å². The van der Waals surface area contributed by atoms with Crippen molar-refractivity contribution >= 4 is 21.6 Å². The second kappa shape index (κ2) is 10.4. The quantitative estimate of drug-likeness (QED) is 0.569. The normalized spacial score (nSPS) is 12.4. The zero-order chi connectivity index (χ0) is 21.4. The van der Waals surface area contributed by atoms with Crippen molar-refractivity contribution < 1.29 is 13.2 Å². The number of rotatable bonds is 10. The van der Waals surface area contributed by atoms with E-state index in [1.165, 1.54) is 6.42 Å². The Hall–Kier alpha value is -2.34. The third kappa shape index (κ3) is 6.60. The largest absolute Gasteiger partial charge is 0.352 e. The number of anilines is 1. The summed E-state index contributed by atoms with van der Waals surface area (Å²) in [6.45, 7) is 8.68. The molecule has 0 aliphatic carbocycles. The van der Waals surface area contributed by atoms with Crippen LogP contribution < -0.4 is 10.0 Å². The lowest BCUT2D eigenvalue weighted by Gasteiger charge is -2.16. The minimum absolute atomic E-state index is 0.129. The fraction of sp³-hybridized carbons (Fsp3) is 0.435. The Balaban J connectivity index is 2.05. The zero-order valence-corrected chi connectivity index (χ0v) is 18.6. The average Bonchev–Trinajstić information content (AvgIpc) is 2.69. The molecule has 0 aliphatic rings. The summed E-state index contributed by atoms with van der Waals surface area (Å²) < 4.78 is 27.8. The average molecular weight is 417 g/mol. The molecule has 0 fully saturated rings. The van der Waals surface area contributed by atoms with Crippen LogP contribution in [0.1, 0.15) is 61.0 Å². The Bertz CT molecular complexity index is 922. The van der Waals surface area contributed by atoms with Gasteiger partial charge in [-0.2, -0.15) is 0 Å². The van der Waals surface area contributed by atoms with E-state index in [0.717, 1.165) is 24.8 Å². The van der Waals surface area contributed by atoms with Crippen molar-refractivity contribution in [3.8, 4) is 0 Å². The molecule has 2 N–H and O–H groups in total. The van der Waals surface area contributed by atoms with E-state index in [-0.39, 0.29) is 10.8 Å². The molecule has 0 bridgehead atoms. The summed E-state index contributed by atoms with van der Waals surface area (Å²) in [5.41, 5.74) is 2.70. The highest BCUT2D eigenvalue weighted by Gasteiger charge is 2.16. The van der Waals surface area contributed by atoms with Crippen LogP contribution in [-0.2, 0) is 10.0 Å². The number of hydrogen-bond donors (Lipinski definition) is 2. The maximum Gasteiger partial charge on any atom is 0.261 e. The van der Waals surface area contributed by atoms with Gasteiger partial charge in [-0.15, -0.1) is 0 Å². The molecule has 0 aromatic heterocycles. The molecule has 1 atom stereocenters. The molecule has 0 aliphatic heterocycles. The van der Waals surface area contributed by atoms with Gasteiger partial charge in [0.05, 0.1) is 10.6 Å². The lowest BCUT2D eigenvalue weighted by molar-refractivity contribution is 0.0945. The Kier molecular flexibility index (Phi) is 8.26. The lowest BCUT2D eigenvalue weighted by atomic mass is 9.99. The van der Waals surface area contributed by atoms with Crippen LogP contribution in [0.15, 0.2) is 47.4 Å². The fourth-order valence-corrected chi connectivity index (χ4v) is 4.25. The van der Waals surface area contributed by atoms with Crippen LogP contribution in [0.3, 0.4) is 0 Å². The number of aryl methyl sites for hydroxylation is 2. The molecule has 2 rings (SSSR count). The van der Waals surface area contributed by atoms with Gasteiger partial charge in [0.15, 0.2) is 0 Å². The molecule has 0 radical (unpaired) electrons. The summed E-state index contributed by atoms with van der Waals surface area (Å²) >= 11 is 0. The fourth-order valence-electron chi connectivity index (χ4n) is 3.12. The smallest absolute Gasteiger partial charge is 0.261 e. The molecule has 0 saturated heterocycles. The third-order valence-electron chi connectivity index (χ3n) is 5.16. The van der Waals surface area contributed by atoms with Crippen LogP contribution in [0.5, 0.6) is 0 Å². The number of carbonyl (C=O) groups is 1. The molecule has 2 aromatic rings. The van der Waals surface area contributed by atoms with Crippen LogP contribution in [0, 0.1) is 19.8 Å². The van der Waals surface area contributed by atoms with Crippen molar-refractivity contribution in [3.63, 3.8) is 0 Å². The van der Waals surface area contributed by atoms with Gasteiger partial charge < -0.3 is 5.32 Å². The number of carbonyl (C=O) groups excluding carboxylic acids is 1. The highest BCUT2D eigenvalue weighted by atomic mass is 32.2. The maximum atomic E-state index is 12.6. The zero-order valence-electron chi connectivity index (χ0n) is 17.8. The molecule has 0 saturated carbocycles. The van der Waals surface area contributed by atoms with Gasteiger partial charge in [-0.05, 0) is 62.1 Å². The topological polar surface area (TPSA) is 75.3 Å². The highest BCUT2D eigenvalue weighted by molar-refractivity contribution is 7.92. The molecule has 158 valence electrons. The van der Waals surface area contributed by atoms with E-state index in [9.17, 15) is 13.2 Å². The van der Waals surface area contributed by atoms with Crippen LogP contribution in [0.25, 0.3) is 0 Å². The van der Waals surface area contributed by atoms with E-state index in [1.807, 2.05) is 6.92 Å². The number of sulfonamides is 1. The highest BCUT2D eigenvalue weighted by Crippen LogP contribution is 2.21. The summed E-state index contributed by atoms with van der Waals surface area (Å²) in [6.07, 6.45) is 4.48. The second-order valence-corrected chi connectivity index (χ2v) is 9.26. The first-order valence-electron chi connectivity index (χ1n) is 10.2. The van der Waals surface area contributed by atoms with Crippen molar-refractivity contribution in [3.05, 3.63) is 59.2 Å². The summed E-state index contributed by atoms with van der Waals surface area (Å²) in [4.78, 5) is 12.7. The summed E-state index contributed by atoms with van der Waals surface area (Å²) in [5, 5.41) is 3.01. The molecule has 1 amide bonds. The predicted molar refractivity (Wildman–Crippen MR) is 119 cm³/mol. The molecule has 1 unspecified atom stereocenters. The predicted octanol–water partition coefficient (Wildman–Crippen LogP) is 5.05. The Morgan fingerprint density at radius 3 is 2.31 bits per heavy atom. The minimum atomic E-state index is -3.67. The third-order valence-corrected chi connectivity index (χ3v) is 6.54. The van der Waals surface area contributed by atoms with Crippen molar-refractivity contribution in [2.24, 2.45) is 5.92 Å². The molecular weight excluding hydrogens is 384 g/mol. The van der Waals surface area contributed by atoms with E-state index in [0.29, 0.717) is 29.3 Å². The molecule has 6 heteroatoms. The van der Waals surface area contributed by atoms with Crippen LogP contribution in [0.2, 0.25) is 0 Å². The van der Waals surface area contributed by atoms with Crippen LogP contribution in [0.4, 0.5) is 5.69 Å². The summed E-state index contributed by atoms with van der Waals surface area (Å²) in [6, 6.07) is 11.7. The molecule has 0 spiro atoms. The molecular formula is C23H32N2O3S. The van der Waals surface area contributed by atoms with Gasteiger partial charge in [0, 0.05) is 12.1 Å². The first kappa shape index (κ1) is 22.9. The molecule has 0 heterocycles. The van der Waals surface area contributed by atoms with Gasteiger partial charge >= 0.3 is 0 Å². The Morgan fingerprint density at radius 2 is 1.72 bits per heavy atom. The lowest BCUT2D eigenvalue weighted by Crippen LogP contribution is -2.29. The van der Waals surface area contributed by atoms with E-state index in [1.54, 1.807) is 49.4 Å². The second-order valence-electron chi connectivity index (χ2n) is 7.57. The summed E-state index contributed by atoms with van der Waals surface area (Å²) in [7, 11) is -3.67. The van der Waals surface area contributed by atoms with E-state index >= 15 is 0 Å².